The fourth-order valence-corrected chi connectivity index (χ4v) is 4.20. The number of hydrogen-bond donors (Lipinski definition) is 2. The van der Waals surface area contributed by atoms with E-state index in [9.17, 15) is 0 Å². The van der Waals surface area contributed by atoms with Gasteiger partial charge in [-0.1, -0.05) is 44.2 Å². The van der Waals surface area contributed by atoms with Gasteiger partial charge in [0.25, 0.3) is 0 Å². The van der Waals surface area contributed by atoms with E-state index in [-0.39, 0.29) is 29.4 Å². The Morgan fingerprint density at radius 1 is 1.28 bits per heavy atom. The van der Waals surface area contributed by atoms with E-state index in [0.717, 1.165) is 38.5 Å². The summed E-state index contributed by atoms with van der Waals surface area (Å²) < 4.78 is 5.89. The van der Waals surface area contributed by atoms with Crippen LogP contribution in [0.3, 0.4) is 0 Å². The minimum absolute atomic E-state index is 0. The zero-order valence-electron chi connectivity index (χ0n) is 15.6. The maximum atomic E-state index is 5.89. The molecule has 1 aliphatic carbocycles. The molecule has 0 bridgehead atoms. The maximum absolute atomic E-state index is 5.89. The number of fused-ring (bicyclic) bond motifs is 1. The zero-order chi connectivity index (χ0) is 17.0. The Morgan fingerprint density at radius 2 is 2.04 bits per heavy atom. The summed E-state index contributed by atoms with van der Waals surface area (Å²) in [6.07, 6.45) is 3.73. The molecule has 3 atom stereocenters. The number of aliphatic imine (C=N–C) groups is 1. The summed E-state index contributed by atoms with van der Waals surface area (Å²) in [6, 6.07) is 11.1. The van der Waals surface area contributed by atoms with Gasteiger partial charge in [0.1, 0.15) is 0 Å². The number of hydrogen-bond acceptors (Lipinski definition) is 2. The van der Waals surface area contributed by atoms with E-state index in [1.807, 2.05) is 0 Å². The Morgan fingerprint density at radius 3 is 2.76 bits per heavy atom. The van der Waals surface area contributed by atoms with Crippen molar-refractivity contribution in [2.45, 2.75) is 52.2 Å². The van der Waals surface area contributed by atoms with E-state index in [1.54, 1.807) is 0 Å². The lowest BCUT2D eigenvalue weighted by Gasteiger charge is -2.54. The predicted octanol–water partition coefficient (Wildman–Crippen LogP) is 3.61. The molecule has 1 saturated carbocycles. The second-order valence-corrected chi connectivity index (χ2v) is 7.54. The molecule has 0 spiro atoms. The van der Waals surface area contributed by atoms with Gasteiger partial charge < -0.3 is 15.4 Å². The minimum Gasteiger partial charge on any atom is -0.377 e. The number of benzene rings is 1. The SMILES string of the molecule is CCNC(=NCCCc1ccccc1)NC1C2CCOC2C1(C)C.I. The first-order valence-corrected chi connectivity index (χ1v) is 9.33. The highest BCUT2D eigenvalue weighted by atomic mass is 127. The van der Waals surface area contributed by atoms with Gasteiger partial charge in [-0.25, -0.2) is 0 Å². The monoisotopic (exact) mass is 457 g/mol. The van der Waals surface area contributed by atoms with Crippen molar-refractivity contribution in [3.63, 3.8) is 0 Å². The van der Waals surface area contributed by atoms with Gasteiger partial charge in [0, 0.05) is 37.1 Å². The number of nitrogens with one attached hydrogen (secondary N) is 2. The van der Waals surface area contributed by atoms with Gasteiger partial charge in [-0.2, -0.15) is 0 Å². The number of ether oxygens (including phenoxy) is 1. The average Bonchev–Trinajstić information content (AvgIpc) is 3.04. The molecule has 2 N–H and O–H groups in total. The van der Waals surface area contributed by atoms with Crippen LogP contribution in [0.5, 0.6) is 0 Å². The van der Waals surface area contributed by atoms with Gasteiger partial charge in [0.15, 0.2) is 5.96 Å². The molecule has 1 saturated heterocycles. The average molecular weight is 457 g/mol. The van der Waals surface area contributed by atoms with Gasteiger partial charge in [-0.05, 0) is 31.7 Å². The fraction of sp³-hybridized carbons (Fsp3) is 0.650. The van der Waals surface area contributed by atoms with Crippen molar-refractivity contribution in [3.8, 4) is 0 Å². The largest absolute Gasteiger partial charge is 0.377 e. The summed E-state index contributed by atoms with van der Waals surface area (Å²) >= 11 is 0. The first-order valence-electron chi connectivity index (χ1n) is 9.33. The highest BCUT2D eigenvalue weighted by molar-refractivity contribution is 14.0. The summed E-state index contributed by atoms with van der Waals surface area (Å²) in [5.41, 5.74) is 1.57. The van der Waals surface area contributed by atoms with Crippen LogP contribution in [0.25, 0.3) is 0 Å². The number of guanidine groups is 1. The number of aryl methyl sites for hydroxylation is 1. The van der Waals surface area contributed by atoms with Crippen molar-refractivity contribution in [3.05, 3.63) is 35.9 Å². The van der Waals surface area contributed by atoms with Crippen LogP contribution in [0.2, 0.25) is 0 Å². The van der Waals surface area contributed by atoms with Crippen LogP contribution in [-0.4, -0.2) is 37.8 Å². The molecule has 1 aromatic rings. The number of halogens is 1. The quantitative estimate of drug-likeness (QED) is 0.297. The van der Waals surface area contributed by atoms with Crippen LogP contribution < -0.4 is 10.6 Å². The van der Waals surface area contributed by atoms with Crippen molar-refractivity contribution in [2.75, 3.05) is 19.7 Å². The van der Waals surface area contributed by atoms with E-state index in [1.165, 1.54) is 12.0 Å². The van der Waals surface area contributed by atoms with E-state index in [4.69, 9.17) is 9.73 Å². The molecule has 3 unspecified atom stereocenters. The van der Waals surface area contributed by atoms with Gasteiger partial charge in [0.05, 0.1) is 6.10 Å². The maximum Gasteiger partial charge on any atom is 0.191 e. The second-order valence-electron chi connectivity index (χ2n) is 7.54. The molecular formula is C20H32IN3O. The first kappa shape index (κ1) is 20.5. The molecule has 2 fully saturated rings. The Labute approximate surface area is 169 Å². The molecule has 1 aromatic carbocycles. The fourth-order valence-electron chi connectivity index (χ4n) is 4.20. The predicted molar refractivity (Wildman–Crippen MR) is 115 cm³/mol. The molecule has 0 amide bonds. The summed E-state index contributed by atoms with van der Waals surface area (Å²) in [4.78, 5) is 4.78. The van der Waals surface area contributed by atoms with Crippen LogP contribution in [-0.2, 0) is 11.2 Å². The zero-order valence-corrected chi connectivity index (χ0v) is 18.0. The van der Waals surface area contributed by atoms with Crippen LogP contribution in [0, 0.1) is 11.3 Å². The molecule has 0 radical (unpaired) electrons. The third-order valence-corrected chi connectivity index (χ3v) is 5.47. The summed E-state index contributed by atoms with van der Waals surface area (Å²) in [6.45, 7) is 9.37. The summed E-state index contributed by atoms with van der Waals surface area (Å²) in [7, 11) is 0. The van der Waals surface area contributed by atoms with Gasteiger partial charge in [-0.3, -0.25) is 4.99 Å². The lowest BCUT2D eigenvalue weighted by molar-refractivity contribution is -0.106. The first-order chi connectivity index (χ1) is 11.6. The highest BCUT2D eigenvalue weighted by Crippen LogP contribution is 2.52. The second kappa shape index (κ2) is 9.21. The Hall–Kier alpha value is -0.820. The Balaban J connectivity index is 0.00000225. The minimum atomic E-state index is 0. The van der Waals surface area contributed by atoms with E-state index >= 15 is 0 Å². The van der Waals surface area contributed by atoms with E-state index in [0.29, 0.717) is 18.1 Å². The van der Waals surface area contributed by atoms with Crippen molar-refractivity contribution < 1.29 is 4.74 Å². The molecule has 2 aliphatic rings. The summed E-state index contributed by atoms with van der Waals surface area (Å²) in [5, 5.41) is 7.07. The van der Waals surface area contributed by atoms with E-state index < -0.39 is 0 Å². The van der Waals surface area contributed by atoms with Crippen LogP contribution in [0.4, 0.5) is 0 Å². The van der Waals surface area contributed by atoms with Crippen molar-refractivity contribution in [1.29, 1.82) is 0 Å². The van der Waals surface area contributed by atoms with Gasteiger partial charge >= 0.3 is 0 Å². The van der Waals surface area contributed by atoms with Crippen LogP contribution in [0.1, 0.15) is 39.2 Å². The lowest BCUT2D eigenvalue weighted by Crippen LogP contribution is -2.67. The lowest BCUT2D eigenvalue weighted by atomic mass is 9.57. The van der Waals surface area contributed by atoms with Gasteiger partial charge in [-0.15, -0.1) is 24.0 Å². The highest BCUT2D eigenvalue weighted by Gasteiger charge is 2.59. The molecule has 140 valence electrons. The molecule has 1 aliphatic heterocycles. The molecule has 25 heavy (non-hydrogen) atoms. The summed E-state index contributed by atoms with van der Waals surface area (Å²) in [5.74, 6) is 1.59. The van der Waals surface area contributed by atoms with E-state index in [2.05, 4.69) is 61.7 Å². The molecule has 1 heterocycles. The number of nitrogens with zero attached hydrogens (tertiary/aromatic N) is 1. The van der Waals surface area contributed by atoms with Crippen molar-refractivity contribution in [2.24, 2.45) is 16.3 Å². The van der Waals surface area contributed by atoms with Crippen LogP contribution >= 0.6 is 24.0 Å². The molecular weight excluding hydrogens is 425 g/mol. The Kier molecular flexibility index (Phi) is 7.55. The third kappa shape index (κ3) is 4.67. The van der Waals surface area contributed by atoms with Crippen molar-refractivity contribution >= 4 is 29.9 Å². The normalized spacial score (nSPS) is 27.0. The molecule has 5 heteroatoms. The molecule has 3 rings (SSSR count). The molecule has 4 nitrogen and oxygen atoms in total. The Bertz CT molecular complexity index is 561. The topological polar surface area (TPSA) is 45.7 Å². The number of rotatable bonds is 6. The standard InChI is InChI=1S/C20H31N3O.HI/c1-4-21-19(22-13-8-11-15-9-6-5-7-10-15)23-17-16-12-14-24-18(16)20(17,2)3;/h5-7,9-10,16-18H,4,8,11-14H2,1-3H3,(H2,21,22,23);1H. The smallest absolute Gasteiger partial charge is 0.191 e. The van der Waals surface area contributed by atoms with Crippen LogP contribution in [0.15, 0.2) is 35.3 Å². The van der Waals surface area contributed by atoms with Gasteiger partial charge in [0.2, 0.25) is 0 Å². The third-order valence-electron chi connectivity index (χ3n) is 5.47. The van der Waals surface area contributed by atoms with Crippen molar-refractivity contribution in [1.82, 2.24) is 10.6 Å². The molecule has 0 aromatic heterocycles.